The molecule has 0 aromatic heterocycles. The molecule has 17 heavy (non-hydrogen) atoms. The van der Waals surface area contributed by atoms with Crippen LogP contribution in [0.5, 0.6) is 0 Å². The molecule has 0 aliphatic rings. The minimum absolute atomic E-state index is 0.259. The fourth-order valence-electron chi connectivity index (χ4n) is 1.53. The maximum atomic E-state index is 10.9. The average molecular weight is 275 g/mol. The van der Waals surface area contributed by atoms with E-state index in [4.69, 9.17) is 28.9 Å². The van der Waals surface area contributed by atoms with Crippen molar-refractivity contribution < 1.29 is 4.79 Å². The van der Waals surface area contributed by atoms with Crippen LogP contribution in [-0.2, 0) is 11.3 Å². The molecule has 0 unspecified atom stereocenters. The number of hydrogen-bond acceptors (Lipinski definition) is 2. The highest BCUT2D eigenvalue weighted by Gasteiger charge is 2.20. The van der Waals surface area contributed by atoms with Crippen molar-refractivity contribution in [2.24, 2.45) is 5.73 Å². The summed E-state index contributed by atoms with van der Waals surface area (Å²) in [5.74, 6) is -0.340. The second-order valence-corrected chi connectivity index (χ2v) is 5.40. The minimum atomic E-state index is -0.381. The quantitative estimate of drug-likeness (QED) is 0.868. The van der Waals surface area contributed by atoms with E-state index in [0.29, 0.717) is 16.6 Å². The molecule has 0 fully saturated rings. The summed E-state index contributed by atoms with van der Waals surface area (Å²) in [5.41, 5.74) is 5.62. The molecule has 1 aromatic rings. The van der Waals surface area contributed by atoms with Crippen molar-refractivity contribution in [3.63, 3.8) is 0 Å². The molecule has 1 amide bonds. The molecular formula is C12H16Cl2N2O. The van der Waals surface area contributed by atoms with Gasteiger partial charge in [0.05, 0.1) is 0 Å². The van der Waals surface area contributed by atoms with Crippen molar-refractivity contribution in [2.75, 3.05) is 0 Å². The first-order valence-electron chi connectivity index (χ1n) is 5.28. The first-order chi connectivity index (χ1) is 7.82. The molecule has 0 aliphatic heterocycles. The summed E-state index contributed by atoms with van der Waals surface area (Å²) >= 11 is 12.1. The Morgan fingerprint density at radius 1 is 1.35 bits per heavy atom. The standard InChI is InChI=1S/C12H16Cl2N2O/c1-12(2,6-11(15)17)16-7-8-9(13)4-3-5-10(8)14/h3-5,16H,6-7H2,1-2H3,(H2,15,17). The summed E-state index contributed by atoms with van der Waals surface area (Å²) in [7, 11) is 0. The van der Waals surface area contributed by atoms with E-state index in [2.05, 4.69) is 5.32 Å². The monoisotopic (exact) mass is 274 g/mol. The molecule has 94 valence electrons. The van der Waals surface area contributed by atoms with Crippen LogP contribution in [0.25, 0.3) is 0 Å². The molecular weight excluding hydrogens is 259 g/mol. The average Bonchev–Trinajstić information content (AvgIpc) is 2.14. The number of amides is 1. The van der Waals surface area contributed by atoms with E-state index in [-0.39, 0.29) is 17.9 Å². The number of halogens is 2. The van der Waals surface area contributed by atoms with Gasteiger partial charge in [-0.2, -0.15) is 0 Å². The van der Waals surface area contributed by atoms with Gasteiger partial charge in [-0.15, -0.1) is 0 Å². The van der Waals surface area contributed by atoms with Crippen molar-refractivity contribution in [1.29, 1.82) is 0 Å². The maximum absolute atomic E-state index is 10.9. The minimum Gasteiger partial charge on any atom is -0.370 e. The summed E-state index contributed by atoms with van der Waals surface area (Å²) in [4.78, 5) is 10.9. The van der Waals surface area contributed by atoms with Crippen LogP contribution < -0.4 is 11.1 Å². The molecule has 0 aliphatic carbocycles. The third kappa shape index (κ3) is 4.54. The SMILES string of the molecule is CC(C)(CC(N)=O)NCc1c(Cl)cccc1Cl. The fourth-order valence-corrected chi connectivity index (χ4v) is 2.06. The van der Waals surface area contributed by atoms with Crippen LogP contribution in [0, 0.1) is 0 Å². The summed E-state index contributed by atoms with van der Waals surface area (Å²) in [6.07, 6.45) is 0.259. The van der Waals surface area contributed by atoms with E-state index in [1.54, 1.807) is 18.2 Å². The highest BCUT2D eigenvalue weighted by atomic mass is 35.5. The lowest BCUT2D eigenvalue weighted by Crippen LogP contribution is -2.42. The van der Waals surface area contributed by atoms with E-state index in [0.717, 1.165) is 5.56 Å². The summed E-state index contributed by atoms with van der Waals surface area (Å²) in [5, 5.41) is 4.44. The molecule has 3 N–H and O–H groups in total. The molecule has 0 heterocycles. The largest absolute Gasteiger partial charge is 0.370 e. The van der Waals surface area contributed by atoms with Crippen LogP contribution in [0.1, 0.15) is 25.8 Å². The van der Waals surface area contributed by atoms with Gasteiger partial charge in [-0.3, -0.25) is 4.79 Å². The Morgan fingerprint density at radius 2 is 1.88 bits per heavy atom. The predicted octanol–water partition coefficient (Wildman–Crippen LogP) is 2.74. The van der Waals surface area contributed by atoms with Gasteiger partial charge in [0, 0.05) is 34.1 Å². The van der Waals surface area contributed by atoms with Gasteiger partial charge in [0.25, 0.3) is 0 Å². The second-order valence-electron chi connectivity index (χ2n) is 4.58. The van der Waals surface area contributed by atoms with Gasteiger partial charge in [-0.25, -0.2) is 0 Å². The molecule has 0 saturated heterocycles. The molecule has 0 radical (unpaired) electrons. The Bertz CT molecular complexity index is 399. The smallest absolute Gasteiger partial charge is 0.219 e. The third-order valence-corrected chi connectivity index (χ3v) is 3.13. The first kappa shape index (κ1) is 14.3. The molecule has 5 heteroatoms. The third-order valence-electron chi connectivity index (χ3n) is 2.42. The van der Waals surface area contributed by atoms with Gasteiger partial charge in [0.2, 0.25) is 5.91 Å². The van der Waals surface area contributed by atoms with E-state index >= 15 is 0 Å². The summed E-state index contributed by atoms with van der Waals surface area (Å²) < 4.78 is 0. The Hall–Kier alpha value is -0.770. The first-order valence-corrected chi connectivity index (χ1v) is 6.03. The molecule has 1 aromatic carbocycles. The van der Waals surface area contributed by atoms with Crippen molar-refractivity contribution in [1.82, 2.24) is 5.32 Å². The predicted molar refractivity (Wildman–Crippen MR) is 71.2 cm³/mol. The number of benzene rings is 1. The Balaban J connectivity index is 2.70. The lowest BCUT2D eigenvalue weighted by Gasteiger charge is -2.25. The Labute approximate surface area is 111 Å². The van der Waals surface area contributed by atoms with Gasteiger partial charge < -0.3 is 11.1 Å². The van der Waals surface area contributed by atoms with Crippen molar-refractivity contribution in [3.05, 3.63) is 33.8 Å². The highest BCUT2D eigenvalue weighted by Crippen LogP contribution is 2.24. The highest BCUT2D eigenvalue weighted by molar-refractivity contribution is 6.35. The van der Waals surface area contributed by atoms with Gasteiger partial charge >= 0.3 is 0 Å². The van der Waals surface area contributed by atoms with Crippen LogP contribution in [0.4, 0.5) is 0 Å². The van der Waals surface area contributed by atoms with Gasteiger partial charge in [-0.1, -0.05) is 29.3 Å². The van der Waals surface area contributed by atoms with Gasteiger partial charge in [0.15, 0.2) is 0 Å². The fraction of sp³-hybridized carbons (Fsp3) is 0.417. The molecule has 0 spiro atoms. The zero-order valence-electron chi connectivity index (χ0n) is 9.89. The number of hydrogen-bond donors (Lipinski definition) is 2. The Morgan fingerprint density at radius 3 is 2.35 bits per heavy atom. The van der Waals surface area contributed by atoms with Crippen LogP contribution in [0.2, 0.25) is 10.0 Å². The zero-order valence-corrected chi connectivity index (χ0v) is 11.4. The van der Waals surface area contributed by atoms with Gasteiger partial charge in [0.1, 0.15) is 0 Å². The summed E-state index contributed by atoms with van der Waals surface area (Å²) in [6, 6.07) is 5.36. The van der Waals surface area contributed by atoms with E-state index in [1.165, 1.54) is 0 Å². The summed E-state index contributed by atoms with van der Waals surface area (Å²) in [6.45, 7) is 4.31. The number of nitrogens with one attached hydrogen (secondary N) is 1. The molecule has 0 atom stereocenters. The van der Waals surface area contributed by atoms with Crippen LogP contribution >= 0.6 is 23.2 Å². The normalized spacial score (nSPS) is 11.5. The van der Waals surface area contributed by atoms with E-state index in [1.807, 2.05) is 13.8 Å². The lowest BCUT2D eigenvalue weighted by atomic mass is 10.00. The Kier molecular flexibility index (Phi) is 4.80. The van der Waals surface area contributed by atoms with E-state index in [9.17, 15) is 4.79 Å². The number of primary amides is 1. The lowest BCUT2D eigenvalue weighted by molar-refractivity contribution is -0.119. The maximum Gasteiger partial charge on any atom is 0.219 e. The van der Waals surface area contributed by atoms with Crippen molar-refractivity contribution in [3.8, 4) is 0 Å². The van der Waals surface area contributed by atoms with Crippen molar-refractivity contribution >= 4 is 29.1 Å². The van der Waals surface area contributed by atoms with Crippen LogP contribution in [-0.4, -0.2) is 11.4 Å². The number of rotatable bonds is 5. The molecule has 0 saturated carbocycles. The second kappa shape index (κ2) is 5.71. The topological polar surface area (TPSA) is 55.1 Å². The van der Waals surface area contributed by atoms with Crippen LogP contribution in [0.3, 0.4) is 0 Å². The molecule has 0 bridgehead atoms. The molecule has 1 rings (SSSR count). The van der Waals surface area contributed by atoms with Crippen molar-refractivity contribution in [2.45, 2.75) is 32.4 Å². The van der Waals surface area contributed by atoms with Gasteiger partial charge in [-0.05, 0) is 26.0 Å². The number of carbonyl (C=O) groups excluding carboxylic acids is 1. The number of carbonyl (C=O) groups is 1. The zero-order chi connectivity index (χ0) is 13.1. The van der Waals surface area contributed by atoms with Crippen LogP contribution in [0.15, 0.2) is 18.2 Å². The molecule has 3 nitrogen and oxygen atoms in total. The number of nitrogens with two attached hydrogens (primary N) is 1. The van der Waals surface area contributed by atoms with E-state index < -0.39 is 0 Å².